The van der Waals surface area contributed by atoms with E-state index >= 15 is 0 Å². The number of halogens is 1. The highest BCUT2D eigenvalue weighted by atomic mass is 79.9. The minimum absolute atomic E-state index is 0.0442. The third-order valence-electron chi connectivity index (χ3n) is 5.85. The number of carbonyl (C=O) groups excluding carboxylic acids is 1. The number of hydrogen-bond donors (Lipinski definition) is 0. The Morgan fingerprint density at radius 2 is 1.74 bits per heavy atom. The van der Waals surface area contributed by atoms with Crippen molar-refractivity contribution < 1.29 is 13.9 Å². The quantitative estimate of drug-likeness (QED) is 0.376. The highest BCUT2D eigenvalue weighted by Crippen LogP contribution is 2.23. The molecule has 2 aromatic heterocycles. The molecular weight excluding hydrogens is 500 g/mol. The number of piperazine rings is 1. The Morgan fingerprint density at radius 1 is 0.971 bits per heavy atom. The fraction of sp³-hybridized carbons (Fsp3) is 0.200. The summed E-state index contributed by atoms with van der Waals surface area (Å²) in [4.78, 5) is 29.2. The number of aromatic nitrogens is 2. The van der Waals surface area contributed by atoms with E-state index in [0.29, 0.717) is 37.1 Å². The number of rotatable bonds is 4. The number of fused-ring (bicyclic) bond motifs is 1. The van der Waals surface area contributed by atoms with E-state index in [9.17, 15) is 9.59 Å². The van der Waals surface area contributed by atoms with Crippen molar-refractivity contribution in [2.45, 2.75) is 0 Å². The first-order valence-electron chi connectivity index (χ1n) is 10.8. The molecule has 3 heterocycles. The maximum Gasteiger partial charge on any atom is 0.349 e. The molecule has 0 saturated carbocycles. The molecule has 1 aliphatic rings. The summed E-state index contributed by atoms with van der Waals surface area (Å²) in [5, 5.41) is 9.43. The van der Waals surface area contributed by atoms with Crippen LogP contribution >= 0.6 is 15.9 Å². The number of methoxy groups -OCH3 is 1. The van der Waals surface area contributed by atoms with Crippen molar-refractivity contribution in [3.63, 3.8) is 0 Å². The average molecular weight is 521 g/mol. The summed E-state index contributed by atoms with van der Waals surface area (Å²) >= 11 is 3.40. The zero-order valence-corrected chi connectivity index (χ0v) is 20.0. The highest BCUT2D eigenvalue weighted by molar-refractivity contribution is 9.10. The Balaban J connectivity index is 1.26. The smallest absolute Gasteiger partial charge is 0.349 e. The monoisotopic (exact) mass is 520 g/mol. The Labute approximate surface area is 203 Å². The van der Waals surface area contributed by atoms with E-state index in [2.05, 4.69) is 31.0 Å². The molecule has 1 saturated heterocycles. The average Bonchev–Trinajstić information content (AvgIpc) is 2.88. The van der Waals surface area contributed by atoms with Gasteiger partial charge in [-0.3, -0.25) is 4.79 Å². The molecule has 1 amide bonds. The zero-order chi connectivity index (χ0) is 23.7. The minimum atomic E-state index is -0.623. The molecule has 0 spiro atoms. The Hall–Kier alpha value is -3.72. The van der Waals surface area contributed by atoms with Gasteiger partial charge in [0.1, 0.15) is 16.9 Å². The molecule has 1 fully saturated rings. The van der Waals surface area contributed by atoms with Crippen molar-refractivity contribution in [2.24, 2.45) is 0 Å². The fourth-order valence-electron chi connectivity index (χ4n) is 3.96. The summed E-state index contributed by atoms with van der Waals surface area (Å²) in [5.74, 6) is 1.21. The molecule has 4 aromatic rings. The molecule has 172 valence electrons. The lowest BCUT2D eigenvalue weighted by atomic mass is 10.1. The number of amides is 1. The standard InChI is InChI=1S/C25H21BrN4O4/c1-33-19-5-2-16(3-6-19)21-7-9-23(28-27-21)29-10-12-30(13-11-29)24(31)20-15-17-14-18(26)4-8-22(17)34-25(20)32/h2-9,14-15H,10-13H2,1H3. The lowest BCUT2D eigenvalue weighted by molar-refractivity contribution is 0.0742. The first kappa shape index (κ1) is 22.1. The largest absolute Gasteiger partial charge is 0.497 e. The summed E-state index contributed by atoms with van der Waals surface area (Å²) in [5.41, 5.74) is 1.60. The second kappa shape index (κ2) is 9.26. The van der Waals surface area contributed by atoms with Crippen LogP contribution in [-0.2, 0) is 0 Å². The fourth-order valence-corrected chi connectivity index (χ4v) is 4.34. The van der Waals surface area contributed by atoms with Crippen LogP contribution in [0.3, 0.4) is 0 Å². The molecule has 0 bridgehead atoms. The van der Waals surface area contributed by atoms with Gasteiger partial charge in [-0.2, -0.15) is 0 Å². The number of nitrogens with zero attached hydrogens (tertiary/aromatic N) is 4. The van der Waals surface area contributed by atoms with Crippen LogP contribution in [0.25, 0.3) is 22.2 Å². The SMILES string of the molecule is COc1ccc(-c2ccc(N3CCN(C(=O)c4cc5cc(Br)ccc5oc4=O)CC3)nn2)cc1. The van der Waals surface area contributed by atoms with Gasteiger partial charge in [-0.15, -0.1) is 10.2 Å². The van der Waals surface area contributed by atoms with Crippen LogP contribution in [0.2, 0.25) is 0 Å². The summed E-state index contributed by atoms with van der Waals surface area (Å²) in [6.07, 6.45) is 0. The predicted molar refractivity (Wildman–Crippen MR) is 132 cm³/mol. The van der Waals surface area contributed by atoms with Crippen LogP contribution in [0.15, 0.2) is 74.3 Å². The predicted octanol–water partition coefficient (Wildman–Crippen LogP) is 3.98. The molecule has 5 rings (SSSR count). The molecule has 0 unspecified atom stereocenters. The lowest BCUT2D eigenvalue weighted by Crippen LogP contribution is -2.49. The van der Waals surface area contributed by atoms with Gasteiger partial charge < -0.3 is 19.0 Å². The summed E-state index contributed by atoms with van der Waals surface area (Å²) < 4.78 is 11.4. The number of anilines is 1. The number of benzene rings is 2. The van der Waals surface area contributed by atoms with E-state index in [1.165, 1.54) is 0 Å². The Kier molecular flexibility index (Phi) is 6.02. The molecule has 0 atom stereocenters. The van der Waals surface area contributed by atoms with E-state index in [0.717, 1.165) is 27.3 Å². The molecule has 1 aliphatic heterocycles. The van der Waals surface area contributed by atoms with E-state index < -0.39 is 5.63 Å². The lowest BCUT2D eigenvalue weighted by Gasteiger charge is -2.35. The number of carbonyl (C=O) groups is 1. The van der Waals surface area contributed by atoms with Crippen molar-refractivity contribution in [3.05, 3.63) is 81.1 Å². The van der Waals surface area contributed by atoms with Crippen molar-refractivity contribution in [1.29, 1.82) is 0 Å². The first-order chi connectivity index (χ1) is 16.5. The molecule has 8 nitrogen and oxygen atoms in total. The first-order valence-corrected chi connectivity index (χ1v) is 11.6. The third kappa shape index (κ3) is 4.38. The van der Waals surface area contributed by atoms with Crippen LogP contribution in [0.4, 0.5) is 5.82 Å². The molecule has 2 aromatic carbocycles. The van der Waals surface area contributed by atoms with Crippen LogP contribution in [-0.4, -0.2) is 54.3 Å². The number of ether oxygens (including phenoxy) is 1. The van der Waals surface area contributed by atoms with Crippen molar-refractivity contribution in [2.75, 3.05) is 38.2 Å². The molecule has 0 radical (unpaired) electrons. The van der Waals surface area contributed by atoms with Crippen LogP contribution in [0.5, 0.6) is 5.75 Å². The topological polar surface area (TPSA) is 88.8 Å². The number of hydrogen-bond acceptors (Lipinski definition) is 7. The maximum atomic E-state index is 13.0. The van der Waals surface area contributed by atoms with Crippen molar-refractivity contribution in [1.82, 2.24) is 15.1 Å². The third-order valence-corrected chi connectivity index (χ3v) is 6.35. The molecule has 0 N–H and O–H groups in total. The second-order valence-electron chi connectivity index (χ2n) is 7.91. The van der Waals surface area contributed by atoms with Gasteiger partial charge in [-0.25, -0.2) is 4.79 Å². The molecule has 0 aliphatic carbocycles. The van der Waals surface area contributed by atoms with Gasteiger partial charge in [0.15, 0.2) is 5.82 Å². The Bertz CT molecular complexity index is 1400. The van der Waals surface area contributed by atoms with E-state index in [1.807, 2.05) is 42.5 Å². The summed E-state index contributed by atoms with van der Waals surface area (Å²) in [6.45, 7) is 2.12. The van der Waals surface area contributed by atoms with Crippen molar-refractivity contribution in [3.8, 4) is 17.0 Å². The summed E-state index contributed by atoms with van der Waals surface area (Å²) in [6, 6.07) is 18.4. The van der Waals surface area contributed by atoms with E-state index in [4.69, 9.17) is 9.15 Å². The van der Waals surface area contributed by atoms with Crippen LogP contribution in [0, 0.1) is 0 Å². The van der Waals surface area contributed by atoms with Gasteiger partial charge in [0.25, 0.3) is 5.91 Å². The second-order valence-corrected chi connectivity index (χ2v) is 8.83. The van der Waals surface area contributed by atoms with Gasteiger partial charge in [-0.1, -0.05) is 15.9 Å². The van der Waals surface area contributed by atoms with E-state index in [-0.39, 0.29) is 11.5 Å². The molecular formula is C25H21BrN4O4. The van der Waals surface area contributed by atoms with E-state index in [1.54, 1.807) is 30.2 Å². The zero-order valence-electron chi connectivity index (χ0n) is 18.4. The van der Waals surface area contributed by atoms with Gasteiger partial charge in [-0.05, 0) is 60.7 Å². The normalized spacial score (nSPS) is 13.8. The van der Waals surface area contributed by atoms with Gasteiger partial charge in [0.2, 0.25) is 0 Å². The van der Waals surface area contributed by atoms with Crippen molar-refractivity contribution >= 4 is 38.6 Å². The minimum Gasteiger partial charge on any atom is -0.497 e. The maximum absolute atomic E-state index is 13.0. The van der Waals surface area contributed by atoms with Gasteiger partial charge in [0, 0.05) is 41.6 Å². The van der Waals surface area contributed by atoms with Gasteiger partial charge >= 0.3 is 5.63 Å². The van der Waals surface area contributed by atoms with Gasteiger partial charge in [0.05, 0.1) is 12.8 Å². The summed E-state index contributed by atoms with van der Waals surface area (Å²) in [7, 11) is 1.63. The highest BCUT2D eigenvalue weighted by Gasteiger charge is 2.25. The molecule has 9 heteroatoms. The molecule has 34 heavy (non-hydrogen) atoms. The Morgan fingerprint density at radius 3 is 2.41 bits per heavy atom. The van der Waals surface area contributed by atoms with Crippen LogP contribution < -0.4 is 15.3 Å². The van der Waals surface area contributed by atoms with Crippen LogP contribution in [0.1, 0.15) is 10.4 Å².